The summed E-state index contributed by atoms with van der Waals surface area (Å²) in [4.78, 5) is 24.2. The van der Waals surface area contributed by atoms with Crippen LogP contribution in [0.2, 0.25) is 0 Å². The fourth-order valence-electron chi connectivity index (χ4n) is 2.72. The highest BCUT2D eigenvalue weighted by Gasteiger charge is 2.38. The van der Waals surface area contributed by atoms with Crippen molar-refractivity contribution < 1.29 is 14.3 Å². The fourth-order valence-corrected chi connectivity index (χ4v) is 2.72. The van der Waals surface area contributed by atoms with Crippen LogP contribution in [0.5, 0.6) is 0 Å². The van der Waals surface area contributed by atoms with Gasteiger partial charge in [0.2, 0.25) is 5.91 Å². The highest BCUT2D eigenvalue weighted by atomic mass is 16.5. The molecule has 1 saturated carbocycles. The molecule has 0 heterocycles. The van der Waals surface area contributed by atoms with Crippen LogP contribution in [0.3, 0.4) is 0 Å². The molecule has 1 aliphatic rings. The molecule has 2 rings (SSSR count). The van der Waals surface area contributed by atoms with Gasteiger partial charge in [-0.15, -0.1) is 0 Å². The van der Waals surface area contributed by atoms with Crippen LogP contribution in [-0.2, 0) is 20.7 Å². The number of ether oxygens (including phenoxy) is 1. The Morgan fingerprint density at radius 2 is 1.90 bits per heavy atom. The van der Waals surface area contributed by atoms with E-state index in [-0.39, 0.29) is 5.91 Å². The Labute approximate surface area is 124 Å². The molecule has 1 amide bonds. The normalized spacial score (nSPS) is 18.0. The first-order chi connectivity index (χ1) is 10.0. The smallest absolute Gasteiger partial charge is 0.328 e. The van der Waals surface area contributed by atoms with Crippen LogP contribution in [0.4, 0.5) is 0 Å². The number of amides is 1. The van der Waals surface area contributed by atoms with Gasteiger partial charge in [0, 0.05) is 6.42 Å². The van der Waals surface area contributed by atoms with E-state index in [1.165, 1.54) is 7.11 Å². The van der Waals surface area contributed by atoms with Crippen molar-refractivity contribution in [3.05, 3.63) is 35.9 Å². The molecule has 21 heavy (non-hydrogen) atoms. The number of carbonyl (C=O) groups excluding carboxylic acids is 2. The van der Waals surface area contributed by atoms with Crippen LogP contribution in [0.15, 0.2) is 30.3 Å². The predicted molar refractivity (Wildman–Crippen MR) is 79.5 cm³/mol. The summed E-state index contributed by atoms with van der Waals surface area (Å²) in [5.41, 5.74) is 6.24. The van der Waals surface area contributed by atoms with Crippen molar-refractivity contribution in [1.29, 1.82) is 0 Å². The van der Waals surface area contributed by atoms with Gasteiger partial charge in [0.1, 0.15) is 6.04 Å². The largest absolute Gasteiger partial charge is 0.467 e. The van der Waals surface area contributed by atoms with Gasteiger partial charge in [-0.1, -0.05) is 43.2 Å². The zero-order valence-electron chi connectivity index (χ0n) is 12.3. The summed E-state index contributed by atoms with van der Waals surface area (Å²) in [6.45, 7) is 0. The molecule has 0 aromatic heterocycles. The number of esters is 1. The van der Waals surface area contributed by atoms with Gasteiger partial charge < -0.3 is 15.8 Å². The Kier molecular flexibility index (Phi) is 4.96. The molecule has 3 N–H and O–H groups in total. The lowest BCUT2D eigenvalue weighted by Crippen LogP contribution is -2.56. The van der Waals surface area contributed by atoms with E-state index in [0.29, 0.717) is 19.3 Å². The predicted octanol–water partition coefficient (Wildman–Crippen LogP) is 1.16. The molecule has 0 spiro atoms. The van der Waals surface area contributed by atoms with E-state index in [0.717, 1.165) is 18.4 Å². The van der Waals surface area contributed by atoms with Gasteiger partial charge in [-0.3, -0.25) is 4.79 Å². The summed E-state index contributed by atoms with van der Waals surface area (Å²) in [7, 11) is 1.32. The number of rotatable bonds is 5. The number of carbonyl (C=O) groups is 2. The molecule has 1 fully saturated rings. The van der Waals surface area contributed by atoms with Gasteiger partial charge in [-0.2, -0.15) is 0 Å². The minimum Gasteiger partial charge on any atom is -0.467 e. The second kappa shape index (κ2) is 6.72. The maximum Gasteiger partial charge on any atom is 0.328 e. The Morgan fingerprint density at radius 1 is 1.29 bits per heavy atom. The Hall–Kier alpha value is -1.88. The Morgan fingerprint density at radius 3 is 2.48 bits per heavy atom. The summed E-state index contributed by atoms with van der Waals surface area (Å²) in [5, 5.41) is 2.76. The lowest BCUT2D eigenvalue weighted by atomic mass is 9.96. The molecule has 1 atom stereocenters. The maximum atomic E-state index is 12.3. The lowest BCUT2D eigenvalue weighted by molar-refractivity contribution is -0.145. The topological polar surface area (TPSA) is 81.4 Å². The molecule has 1 unspecified atom stereocenters. The standard InChI is InChI=1S/C16H22N2O3/c1-21-14(19)13(11-12-7-3-2-4-8-12)18-15(20)16(17)9-5-6-10-16/h2-4,7-8,13H,5-6,9-11,17H2,1H3,(H,18,20). The van der Waals surface area contributed by atoms with E-state index >= 15 is 0 Å². The highest BCUT2D eigenvalue weighted by Crippen LogP contribution is 2.27. The monoisotopic (exact) mass is 290 g/mol. The molecule has 1 aromatic rings. The minimum absolute atomic E-state index is 0.258. The molecule has 0 saturated heterocycles. The second-order valence-electron chi connectivity index (χ2n) is 5.60. The van der Waals surface area contributed by atoms with Gasteiger partial charge in [0.25, 0.3) is 0 Å². The highest BCUT2D eigenvalue weighted by molar-refractivity contribution is 5.90. The Bertz CT molecular complexity index is 496. The van der Waals surface area contributed by atoms with E-state index in [2.05, 4.69) is 5.32 Å². The molecular formula is C16H22N2O3. The molecule has 0 bridgehead atoms. The number of hydrogen-bond donors (Lipinski definition) is 2. The van der Waals surface area contributed by atoms with E-state index in [9.17, 15) is 9.59 Å². The van der Waals surface area contributed by atoms with Crippen molar-refractivity contribution in [2.24, 2.45) is 5.73 Å². The molecule has 5 heteroatoms. The van der Waals surface area contributed by atoms with Gasteiger partial charge in [0.15, 0.2) is 0 Å². The molecule has 0 aliphatic heterocycles. The number of methoxy groups -OCH3 is 1. The van der Waals surface area contributed by atoms with Gasteiger partial charge >= 0.3 is 5.97 Å². The summed E-state index contributed by atoms with van der Waals surface area (Å²) in [6.07, 6.45) is 3.63. The first-order valence-corrected chi connectivity index (χ1v) is 7.27. The minimum atomic E-state index is -0.844. The lowest BCUT2D eigenvalue weighted by Gasteiger charge is -2.25. The second-order valence-corrected chi connectivity index (χ2v) is 5.60. The number of nitrogens with one attached hydrogen (secondary N) is 1. The summed E-state index contributed by atoms with van der Waals surface area (Å²) in [5.74, 6) is -0.708. The van der Waals surface area contributed by atoms with E-state index in [1.54, 1.807) is 0 Å². The van der Waals surface area contributed by atoms with Crippen molar-refractivity contribution in [1.82, 2.24) is 5.32 Å². The van der Waals surface area contributed by atoms with Gasteiger partial charge in [0.05, 0.1) is 12.6 Å². The van der Waals surface area contributed by atoms with Crippen LogP contribution >= 0.6 is 0 Å². The number of nitrogens with two attached hydrogens (primary N) is 1. The Balaban J connectivity index is 2.06. The summed E-state index contributed by atoms with van der Waals surface area (Å²) in [6, 6.07) is 8.82. The third kappa shape index (κ3) is 3.82. The third-order valence-corrected chi connectivity index (χ3v) is 4.02. The SMILES string of the molecule is COC(=O)C(Cc1ccccc1)NC(=O)C1(N)CCCC1. The van der Waals surface area contributed by atoms with E-state index in [4.69, 9.17) is 10.5 Å². The van der Waals surface area contributed by atoms with E-state index < -0.39 is 17.6 Å². The molecule has 1 aromatic carbocycles. The first-order valence-electron chi connectivity index (χ1n) is 7.27. The van der Waals surface area contributed by atoms with Crippen molar-refractivity contribution in [3.8, 4) is 0 Å². The van der Waals surface area contributed by atoms with Gasteiger partial charge in [-0.25, -0.2) is 4.79 Å². The van der Waals surface area contributed by atoms with Crippen molar-refractivity contribution in [2.75, 3.05) is 7.11 Å². The molecule has 114 valence electrons. The summed E-state index contributed by atoms with van der Waals surface area (Å²) < 4.78 is 4.79. The molecule has 1 aliphatic carbocycles. The molecule has 0 radical (unpaired) electrons. The van der Waals surface area contributed by atoms with Crippen molar-refractivity contribution in [3.63, 3.8) is 0 Å². The maximum absolute atomic E-state index is 12.3. The van der Waals surface area contributed by atoms with E-state index in [1.807, 2.05) is 30.3 Å². The number of hydrogen-bond acceptors (Lipinski definition) is 4. The van der Waals surface area contributed by atoms with Gasteiger partial charge in [-0.05, 0) is 18.4 Å². The van der Waals surface area contributed by atoms with Crippen molar-refractivity contribution in [2.45, 2.75) is 43.7 Å². The van der Waals surface area contributed by atoms with Crippen molar-refractivity contribution >= 4 is 11.9 Å². The summed E-state index contributed by atoms with van der Waals surface area (Å²) >= 11 is 0. The average molecular weight is 290 g/mol. The molecular weight excluding hydrogens is 268 g/mol. The van der Waals surface area contributed by atoms with Crippen LogP contribution in [0.1, 0.15) is 31.2 Å². The quantitative estimate of drug-likeness (QED) is 0.797. The van der Waals surface area contributed by atoms with Crippen LogP contribution in [0.25, 0.3) is 0 Å². The first kappa shape index (κ1) is 15.5. The molecule has 5 nitrogen and oxygen atoms in total. The van der Waals surface area contributed by atoms with Crippen LogP contribution < -0.4 is 11.1 Å². The average Bonchev–Trinajstić information content (AvgIpc) is 2.95. The van der Waals surface area contributed by atoms with Crippen LogP contribution in [0, 0.1) is 0 Å². The zero-order chi connectivity index (χ0) is 15.3. The zero-order valence-corrected chi connectivity index (χ0v) is 12.3. The van der Waals surface area contributed by atoms with Crippen LogP contribution in [-0.4, -0.2) is 30.6 Å². The fraction of sp³-hybridized carbons (Fsp3) is 0.500. The number of benzene rings is 1. The third-order valence-electron chi connectivity index (χ3n) is 4.02.